The molecule has 0 unspecified atom stereocenters. The third-order valence-electron chi connectivity index (χ3n) is 4.53. The summed E-state index contributed by atoms with van der Waals surface area (Å²) < 4.78 is 5.35. The molecule has 0 saturated heterocycles. The number of nitrogens with one attached hydrogen (secondary N) is 2. The van der Waals surface area contributed by atoms with Gasteiger partial charge in [0.05, 0.1) is 7.11 Å². The van der Waals surface area contributed by atoms with Crippen molar-refractivity contribution in [2.24, 2.45) is 0 Å². The second kappa shape index (κ2) is 9.55. The van der Waals surface area contributed by atoms with Crippen molar-refractivity contribution in [3.8, 4) is 5.75 Å². The van der Waals surface area contributed by atoms with Gasteiger partial charge in [0.15, 0.2) is 0 Å². The first-order valence-electron chi connectivity index (χ1n) is 9.41. The SMILES string of the molecule is CCc1ccc(Nc2cc(C(=O)NCCc3ccccc3OC)ccn2)cc1. The molecule has 0 aliphatic rings. The fraction of sp³-hybridized carbons (Fsp3) is 0.217. The minimum absolute atomic E-state index is 0.123. The third kappa shape index (κ3) is 5.10. The van der Waals surface area contributed by atoms with Gasteiger partial charge in [-0.1, -0.05) is 37.3 Å². The highest BCUT2D eigenvalue weighted by atomic mass is 16.5. The van der Waals surface area contributed by atoms with E-state index in [1.165, 1.54) is 5.56 Å². The van der Waals surface area contributed by atoms with Crippen molar-refractivity contribution in [3.05, 3.63) is 83.6 Å². The molecule has 0 atom stereocenters. The molecule has 0 spiro atoms. The highest BCUT2D eigenvalue weighted by molar-refractivity contribution is 5.94. The molecule has 2 aromatic carbocycles. The lowest BCUT2D eigenvalue weighted by molar-refractivity contribution is 0.0954. The van der Waals surface area contributed by atoms with Crippen LogP contribution in [0.25, 0.3) is 0 Å². The van der Waals surface area contributed by atoms with E-state index in [2.05, 4.69) is 34.7 Å². The molecule has 0 radical (unpaired) electrons. The fourth-order valence-corrected chi connectivity index (χ4v) is 2.93. The van der Waals surface area contributed by atoms with Crippen LogP contribution in [-0.2, 0) is 12.8 Å². The second-order valence-corrected chi connectivity index (χ2v) is 6.42. The van der Waals surface area contributed by atoms with E-state index >= 15 is 0 Å². The van der Waals surface area contributed by atoms with Gasteiger partial charge in [-0.2, -0.15) is 0 Å². The standard InChI is InChI=1S/C23H25N3O2/c1-3-17-8-10-20(11-9-17)26-22-16-19(13-14-24-22)23(27)25-15-12-18-6-4-5-7-21(18)28-2/h4-11,13-14,16H,3,12,15H2,1-2H3,(H,24,26)(H,25,27). The number of pyridine rings is 1. The molecule has 0 aliphatic heterocycles. The van der Waals surface area contributed by atoms with Gasteiger partial charge in [0.25, 0.3) is 5.91 Å². The van der Waals surface area contributed by atoms with Crippen LogP contribution in [0, 0.1) is 0 Å². The number of aromatic nitrogens is 1. The summed E-state index contributed by atoms with van der Waals surface area (Å²) in [7, 11) is 1.65. The first-order valence-corrected chi connectivity index (χ1v) is 9.41. The molecule has 5 nitrogen and oxygen atoms in total. The van der Waals surface area contributed by atoms with E-state index in [1.54, 1.807) is 25.4 Å². The summed E-state index contributed by atoms with van der Waals surface area (Å²) in [6, 6.07) is 19.5. The number of hydrogen-bond donors (Lipinski definition) is 2. The van der Waals surface area contributed by atoms with Crippen LogP contribution in [0.15, 0.2) is 66.9 Å². The summed E-state index contributed by atoms with van der Waals surface area (Å²) in [5.74, 6) is 1.35. The van der Waals surface area contributed by atoms with E-state index in [-0.39, 0.29) is 5.91 Å². The lowest BCUT2D eigenvalue weighted by Gasteiger charge is -2.10. The molecular formula is C23H25N3O2. The number of hydrogen-bond acceptors (Lipinski definition) is 4. The number of carbonyl (C=O) groups is 1. The Balaban J connectivity index is 1.58. The molecular weight excluding hydrogens is 350 g/mol. The topological polar surface area (TPSA) is 63.2 Å². The van der Waals surface area contributed by atoms with Gasteiger partial charge in [0.1, 0.15) is 11.6 Å². The first kappa shape index (κ1) is 19.4. The van der Waals surface area contributed by atoms with E-state index < -0.39 is 0 Å². The van der Waals surface area contributed by atoms with E-state index in [1.807, 2.05) is 36.4 Å². The van der Waals surface area contributed by atoms with Gasteiger partial charge >= 0.3 is 0 Å². The van der Waals surface area contributed by atoms with Crippen molar-refractivity contribution in [2.75, 3.05) is 19.0 Å². The highest BCUT2D eigenvalue weighted by Crippen LogP contribution is 2.18. The Morgan fingerprint density at radius 2 is 1.86 bits per heavy atom. The van der Waals surface area contributed by atoms with Gasteiger partial charge in [-0.3, -0.25) is 4.79 Å². The number of nitrogens with zero attached hydrogens (tertiary/aromatic N) is 1. The van der Waals surface area contributed by atoms with Crippen LogP contribution in [0.1, 0.15) is 28.4 Å². The van der Waals surface area contributed by atoms with Crippen molar-refractivity contribution in [1.29, 1.82) is 0 Å². The summed E-state index contributed by atoms with van der Waals surface area (Å²) in [5.41, 5.74) is 3.86. The van der Waals surface area contributed by atoms with Crippen LogP contribution in [-0.4, -0.2) is 24.5 Å². The van der Waals surface area contributed by atoms with E-state index in [0.717, 1.165) is 23.4 Å². The molecule has 2 N–H and O–H groups in total. The van der Waals surface area contributed by atoms with Crippen LogP contribution in [0.2, 0.25) is 0 Å². The first-order chi connectivity index (χ1) is 13.7. The Hall–Kier alpha value is -3.34. The summed E-state index contributed by atoms with van der Waals surface area (Å²) in [6.07, 6.45) is 3.34. The largest absolute Gasteiger partial charge is 0.496 e. The minimum atomic E-state index is -0.123. The molecule has 0 bridgehead atoms. The maximum absolute atomic E-state index is 12.5. The Labute approximate surface area is 165 Å². The molecule has 0 saturated carbocycles. The molecule has 1 amide bonds. The number of aryl methyl sites for hydroxylation is 1. The summed E-state index contributed by atoms with van der Waals surface area (Å²) in [6.45, 7) is 2.66. The van der Waals surface area contributed by atoms with Gasteiger partial charge in [-0.05, 0) is 54.3 Å². The average molecular weight is 375 g/mol. The smallest absolute Gasteiger partial charge is 0.251 e. The predicted molar refractivity (Wildman–Crippen MR) is 112 cm³/mol. The van der Waals surface area contributed by atoms with E-state index in [4.69, 9.17) is 4.74 Å². The summed E-state index contributed by atoms with van der Waals surface area (Å²) >= 11 is 0. The van der Waals surface area contributed by atoms with Crippen LogP contribution < -0.4 is 15.4 Å². The molecule has 1 heterocycles. The zero-order valence-electron chi connectivity index (χ0n) is 16.2. The zero-order valence-corrected chi connectivity index (χ0v) is 16.2. The lowest BCUT2D eigenvalue weighted by atomic mass is 10.1. The Bertz CT molecular complexity index is 923. The predicted octanol–water partition coefficient (Wildman–Crippen LogP) is 4.37. The number of para-hydroxylation sites is 1. The third-order valence-corrected chi connectivity index (χ3v) is 4.53. The maximum Gasteiger partial charge on any atom is 0.251 e. The van der Waals surface area contributed by atoms with E-state index in [9.17, 15) is 4.79 Å². The van der Waals surface area contributed by atoms with Gasteiger partial charge in [-0.25, -0.2) is 4.98 Å². The summed E-state index contributed by atoms with van der Waals surface area (Å²) in [4.78, 5) is 16.8. The zero-order chi connectivity index (χ0) is 19.8. The minimum Gasteiger partial charge on any atom is -0.496 e. The number of amides is 1. The normalized spacial score (nSPS) is 10.4. The molecule has 1 aromatic heterocycles. The van der Waals surface area contributed by atoms with Crippen molar-refractivity contribution < 1.29 is 9.53 Å². The molecule has 0 aliphatic carbocycles. The number of methoxy groups -OCH3 is 1. The highest BCUT2D eigenvalue weighted by Gasteiger charge is 2.08. The van der Waals surface area contributed by atoms with Crippen molar-refractivity contribution in [1.82, 2.24) is 10.3 Å². The summed E-state index contributed by atoms with van der Waals surface area (Å²) in [5, 5.41) is 6.19. The molecule has 28 heavy (non-hydrogen) atoms. The van der Waals surface area contributed by atoms with Crippen LogP contribution >= 0.6 is 0 Å². The van der Waals surface area contributed by atoms with Crippen LogP contribution in [0.4, 0.5) is 11.5 Å². The quantitative estimate of drug-likeness (QED) is 0.614. The number of benzene rings is 2. The van der Waals surface area contributed by atoms with Gasteiger partial charge < -0.3 is 15.4 Å². The maximum atomic E-state index is 12.5. The van der Waals surface area contributed by atoms with Crippen LogP contribution in [0.5, 0.6) is 5.75 Å². The van der Waals surface area contributed by atoms with E-state index in [0.29, 0.717) is 24.3 Å². The van der Waals surface area contributed by atoms with Crippen LogP contribution in [0.3, 0.4) is 0 Å². The molecule has 0 fully saturated rings. The Morgan fingerprint density at radius 3 is 2.61 bits per heavy atom. The average Bonchev–Trinajstić information content (AvgIpc) is 2.74. The van der Waals surface area contributed by atoms with Crippen molar-refractivity contribution in [3.63, 3.8) is 0 Å². The van der Waals surface area contributed by atoms with Crippen molar-refractivity contribution >= 4 is 17.4 Å². The Kier molecular flexibility index (Phi) is 6.63. The Morgan fingerprint density at radius 1 is 1.07 bits per heavy atom. The van der Waals surface area contributed by atoms with Crippen molar-refractivity contribution in [2.45, 2.75) is 19.8 Å². The molecule has 144 valence electrons. The monoisotopic (exact) mass is 375 g/mol. The number of ether oxygens (including phenoxy) is 1. The molecule has 3 aromatic rings. The lowest BCUT2D eigenvalue weighted by Crippen LogP contribution is -2.25. The van der Waals surface area contributed by atoms with Gasteiger partial charge in [-0.15, -0.1) is 0 Å². The number of carbonyl (C=O) groups excluding carboxylic acids is 1. The fourth-order valence-electron chi connectivity index (χ4n) is 2.93. The van der Waals surface area contributed by atoms with Gasteiger partial charge in [0, 0.05) is 24.0 Å². The second-order valence-electron chi connectivity index (χ2n) is 6.42. The molecule has 5 heteroatoms. The molecule has 3 rings (SSSR count). The van der Waals surface area contributed by atoms with Gasteiger partial charge in [0.2, 0.25) is 0 Å². The number of rotatable bonds is 8. The number of anilines is 2.